The SMILES string of the molecule is O=C(NC1CCN(c2nnc3ccc(C(F)(F)F)cn23)CC1)c1cccs1. The zero-order chi connectivity index (χ0) is 19.0. The molecule has 27 heavy (non-hydrogen) atoms. The van der Waals surface area contributed by atoms with Crippen LogP contribution in [-0.4, -0.2) is 39.6 Å². The van der Waals surface area contributed by atoms with Crippen LogP contribution in [-0.2, 0) is 6.18 Å². The first-order chi connectivity index (χ1) is 12.9. The minimum atomic E-state index is -4.42. The van der Waals surface area contributed by atoms with E-state index in [1.165, 1.54) is 21.8 Å². The molecule has 142 valence electrons. The number of hydrogen-bond acceptors (Lipinski definition) is 5. The van der Waals surface area contributed by atoms with E-state index < -0.39 is 11.7 Å². The molecule has 0 aromatic carbocycles. The van der Waals surface area contributed by atoms with Crippen LogP contribution >= 0.6 is 11.3 Å². The van der Waals surface area contributed by atoms with Crippen molar-refractivity contribution >= 4 is 28.8 Å². The molecule has 6 nitrogen and oxygen atoms in total. The van der Waals surface area contributed by atoms with E-state index in [-0.39, 0.29) is 11.9 Å². The number of rotatable bonds is 3. The Bertz CT molecular complexity index is 945. The Kier molecular flexibility index (Phi) is 4.50. The number of thiophene rings is 1. The van der Waals surface area contributed by atoms with Gasteiger partial charge >= 0.3 is 6.18 Å². The highest BCUT2D eigenvalue weighted by atomic mass is 32.1. The molecule has 0 bridgehead atoms. The van der Waals surface area contributed by atoms with Gasteiger partial charge in [0.2, 0.25) is 5.95 Å². The summed E-state index contributed by atoms with van der Waals surface area (Å²) in [7, 11) is 0. The Morgan fingerprint density at radius 2 is 1.96 bits per heavy atom. The van der Waals surface area contributed by atoms with Crippen LogP contribution in [0.25, 0.3) is 5.65 Å². The number of pyridine rings is 1. The Balaban J connectivity index is 1.46. The molecule has 0 spiro atoms. The van der Waals surface area contributed by atoms with Crippen LogP contribution in [0.2, 0.25) is 0 Å². The van der Waals surface area contributed by atoms with Crippen molar-refractivity contribution in [3.8, 4) is 0 Å². The van der Waals surface area contributed by atoms with Crippen molar-refractivity contribution in [2.75, 3.05) is 18.0 Å². The number of nitrogens with zero attached hydrogens (tertiary/aromatic N) is 4. The third-order valence-electron chi connectivity index (χ3n) is 4.57. The summed E-state index contributed by atoms with van der Waals surface area (Å²) < 4.78 is 40.3. The molecule has 0 aliphatic carbocycles. The van der Waals surface area contributed by atoms with Crippen LogP contribution in [0.5, 0.6) is 0 Å². The molecule has 4 heterocycles. The molecule has 3 aromatic heterocycles. The summed E-state index contributed by atoms with van der Waals surface area (Å²) in [5, 5.41) is 12.9. The third kappa shape index (κ3) is 3.61. The predicted molar refractivity (Wildman–Crippen MR) is 95.0 cm³/mol. The van der Waals surface area contributed by atoms with E-state index in [1.807, 2.05) is 16.3 Å². The van der Waals surface area contributed by atoms with Gasteiger partial charge in [-0.2, -0.15) is 13.2 Å². The van der Waals surface area contributed by atoms with Gasteiger partial charge < -0.3 is 10.2 Å². The summed E-state index contributed by atoms with van der Waals surface area (Å²) in [6.07, 6.45) is -2.03. The predicted octanol–water partition coefficient (Wildman–Crippen LogP) is 3.21. The van der Waals surface area contributed by atoms with Gasteiger partial charge in [-0.1, -0.05) is 6.07 Å². The maximum atomic E-state index is 13.0. The Hall–Kier alpha value is -2.62. The second-order valence-electron chi connectivity index (χ2n) is 6.36. The largest absolute Gasteiger partial charge is 0.417 e. The third-order valence-corrected chi connectivity index (χ3v) is 5.44. The van der Waals surface area contributed by atoms with Crippen molar-refractivity contribution in [1.82, 2.24) is 19.9 Å². The highest BCUT2D eigenvalue weighted by molar-refractivity contribution is 7.12. The molecular weight excluding hydrogens is 379 g/mol. The molecule has 0 atom stereocenters. The van der Waals surface area contributed by atoms with E-state index in [9.17, 15) is 18.0 Å². The van der Waals surface area contributed by atoms with Crippen molar-refractivity contribution in [2.24, 2.45) is 0 Å². The fourth-order valence-corrected chi connectivity index (χ4v) is 3.78. The number of piperidine rings is 1. The summed E-state index contributed by atoms with van der Waals surface area (Å²) >= 11 is 1.39. The summed E-state index contributed by atoms with van der Waals surface area (Å²) in [4.78, 5) is 14.7. The minimum absolute atomic E-state index is 0.0285. The lowest BCUT2D eigenvalue weighted by Crippen LogP contribution is -2.45. The average Bonchev–Trinajstić information content (AvgIpc) is 3.31. The first-order valence-electron chi connectivity index (χ1n) is 8.43. The molecule has 0 unspecified atom stereocenters. The normalized spacial score (nSPS) is 16.0. The zero-order valence-electron chi connectivity index (χ0n) is 14.1. The van der Waals surface area contributed by atoms with E-state index in [0.29, 0.717) is 42.4 Å². The zero-order valence-corrected chi connectivity index (χ0v) is 14.9. The van der Waals surface area contributed by atoms with Crippen LogP contribution < -0.4 is 10.2 Å². The summed E-state index contributed by atoms with van der Waals surface area (Å²) in [6, 6.07) is 5.94. The fraction of sp³-hybridized carbons (Fsp3) is 0.353. The summed E-state index contributed by atoms with van der Waals surface area (Å²) in [6.45, 7) is 1.15. The lowest BCUT2D eigenvalue weighted by atomic mass is 10.1. The first kappa shape index (κ1) is 17.8. The second kappa shape index (κ2) is 6.84. The van der Waals surface area contributed by atoms with E-state index in [1.54, 1.807) is 6.07 Å². The van der Waals surface area contributed by atoms with Gasteiger partial charge in [0.15, 0.2) is 5.65 Å². The number of anilines is 1. The number of halogens is 3. The molecule has 10 heteroatoms. The molecule has 3 aromatic rings. The van der Waals surface area contributed by atoms with Crippen molar-refractivity contribution in [2.45, 2.75) is 25.1 Å². The van der Waals surface area contributed by atoms with E-state index in [2.05, 4.69) is 15.5 Å². The maximum absolute atomic E-state index is 13.0. The molecule has 0 radical (unpaired) electrons. The van der Waals surface area contributed by atoms with Crippen molar-refractivity contribution < 1.29 is 18.0 Å². The number of amides is 1. The molecule has 1 aliphatic rings. The minimum Gasteiger partial charge on any atom is -0.348 e. The number of carbonyl (C=O) groups excluding carboxylic acids is 1. The monoisotopic (exact) mass is 395 g/mol. The highest BCUT2D eigenvalue weighted by Gasteiger charge is 2.32. The standard InChI is InChI=1S/C17H16F3N5OS/c18-17(19,20)11-3-4-14-22-23-16(25(14)10-11)24-7-5-12(6-8-24)21-15(26)13-2-1-9-27-13/h1-4,9-10,12H,5-8H2,(H,21,26). The lowest BCUT2D eigenvalue weighted by molar-refractivity contribution is -0.137. The van der Waals surface area contributed by atoms with Gasteiger partial charge in [0, 0.05) is 25.3 Å². The van der Waals surface area contributed by atoms with Crippen molar-refractivity contribution in [1.29, 1.82) is 0 Å². The summed E-state index contributed by atoms with van der Waals surface area (Å²) in [5.74, 6) is 0.297. The van der Waals surface area contributed by atoms with Crippen molar-refractivity contribution in [3.05, 3.63) is 46.3 Å². The van der Waals surface area contributed by atoms with Gasteiger partial charge in [0.05, 0.1) is 10.4 Å². The van der Waals surface area contributed by atoms with Crippen LogP contribution in [0.3, 0.4) is 0 Å². The second-order valence-corrected chi connectivity index (χ2v) is 7.30. The molecule has 1 saturated heterocycles. The van der Waals surface area contributed by atoms with E-state index in [4.69, 9.17) is 0 Å². The van der Waals surface area contributed by atoms with Gasteiger partial charge in [0.1, 0.15) is 0 Å². The molecule has 1 N–H and O–H groups in total. The average molecular weight is 395 g/mol. The summed E-state index contributed by atoms with van der Waals surface area (Å²) in [5.41, 5.74) is -0.375. The molecule has 1 aliphatic heterocycles. The van der Waals surface area contributed by atoms with Crippen molar-refractivity contribution in [3.63, 3.8) is 0 Å². The molecule has 1 fully saturated rings. The Morgan fingerprint density at radius 3 is 2.63 bits per heavy atom. The smallest absolute Gasteiger partial charge is 0.348 e. The Morgan fingerprint density at radius 1 is 1.19 bits per heavy atom. The van der Waals surface area contributed by atoms with Crippen LogP contribution in [0.15, 0.2) is 35.8 Å². The van der Waals surface area contributed by atoms with Gasteiger partial charge in [-0.3, -0.25) is 9.20 Å². The van der Waals surface area contributed by atoms with E-state index >= 15 is 0 Å². The fourth-order valence-electron chi connectivity index (χ4n) is 3.15. The number of fused-ring (bicyclic) bond motifs is 1. The maximum Gasteiger partial charge on any atom is 0.417 e. The molecular formula is C17H16F3N5OS. The van der Waals surface area contributed by atoms with Gasteiger partial charge in [-0.05, 0) is 36.4 Å². The van der Waals surface area contributed by atoms with Gasteiger partial charge in [-0.25, -0.2) is 0 Å². The number of nitrogens with one attached hydrogen (secondary N) is 1. The number of aromatic nitrogens is 3. The van der Waals surface area contributed by atoms with Crippen LogP contribution in [0.1, 0.15) is 28.1 Å². The van der Waals surface area contributed by atoms with Gasteiger partial charge in [-0.15, -0.1) is 21.5 Å². The molecule has 4 rings (SSSR count). The number of carbonyl (C=O) groups is 1. The Labute approximate surface area is 156 Å². The lowest BCUT2D eigenvalue weighted by Gasteiger charge is -2.32. The quantitative estimate of drug-likeness (QED) is 0.740. The molecule has 0 saturated carbocycles. The van der Waals surface area contributed by atoms with Gasteiger partial charge in [0.25, 0.3) is 5.91 Å². The number of alkyl halides is 3. The first-order valence-corrected chi connectivity index (χ1v) is 9.31. The van der Waals surface area contributed by atoms with Crippen LogP contribution in [0, 0.1) is 0 Å². The van der Waals surface area contributed by atoms with Crippen LogP contribution in [0.4, 0.5) is 19.1 Å². The highest BCUT2D eigenvalue weighted by Crippen LogP contribution is 2.30. The number of hydrogen-bond donors (Lipinski definition) is 1. The molecule has 1 amide bonds. The van der Waals surface area contributed by atoms with E-state index in [0.717, 1.165) is 12.3 Å². The topological polar surface area (TPSA) is 62.5 Å².